The summed E-state index contributed by atoms with van der Waals surface area (Å²) in [5, 5.41) is 2.70. The third-order valence-corrected chi connectivity index (χ3v) is 6.58. The van der Waals surface area contributed by atoms with Crippen molar-refractivity contribution in [2.75, 3.05) is 18.5 Å². The predicted molar refractivity (Wildman–Crippen MR) is 133 cm³/mol. The van der Waals surface area contributed by atoms with E-state index < -0.39 is 10.0 Å². The third-order valence-electron chi connectivity index (χ3n) is 5.03. The lowest BCUT2D eigenvalue weighted by atomic mass is 10.1. The minimum absolute atomic E-state index is 0.0972. The molecule has 3 rings (SSSR count). The van der Waals surface area contributed by atoms with Crippen molar-refractivity contribution in [3.8, 4) is 5.75 Å². The summed E-state index contributed by atoms with van der Waals surface area (Å²) in [6.07, 6.45) is 0.164. The molecule has 8 nitrogen and oxygen atoms in total. The molecule has 0 heterocycles. The maximum atomic E-state index is 12.7. The zero-order valence-electron chi connectivity index (χ0n) is 19.6. The van der Waals surface area contributed by atoms with Gasteiger partial charge < -0.3 is 14.8 Å². The Morgan fingerprint density at radius 3 is 2.20 bits per heavy atom. The molecule has 184 valence electrons. The van der Waals surface area contributed by atoms with Gasteiger partial charge in [-0.25, -0.2) is 13.1 Å². The number of amides is 1. The van der Waals surface area contributed by atoms with Crippen LogP contribution in [-0.2, 0) is 30.8 Å². The maximum absolute atomic E-state index is 12.7. The Hall–Kier alpha value is -3.69. The van der Waals surface area contributed by atoms with Gasteiger partial charge in [-0.1, -0.05) is 42.5 Å². The summed E-state index contributed by atoms with van der Waals surface area (Å²) < 4.78 is 38.4. The van der Waals surface area contributed by atoms with Gasteiger partial charge in [0.25, 0.3) is 5.91 Å². The predicted octanol–water partition coefficient (Wildman–Crippen LogP) is 3.85. The zero-order chi connectivity index (χ0) is 25.3. The fourth-order valence-corrected chi connectivity index (χ4v) is 4.49. The number of carbonyl (C=O) groups is 2. The normalized spacial score (nSPS) is 11.9. The lowest BCUT2D eigenvalue weighted by molar-refractivity contribution is -0.142. The Morgan fingerprint density at radius 2 is 1.57 bits per heavy atom. The molecule has 0 radical (unpaired) electrons. The fraction of sp³-hybridized carbons (Fsp3) is 0.231. The van der Waals surface area contributed by atoms with Crippen LogP contribution in [0.15, 0.2) is 83.8 Å². The first kappa shape index (κ1) is 25.9. The van der Waals surface area contributed by atoms with E-state index in [4.69, 9.17) is 9.47 Å². The van der Waals surface area contributed by atoms with Crippen molar-refractivity contribution in [2.45, 2.75) is 31.2 Å². The van der Waals surface area contributed by atoms with Gasteiger partial charge in [0, 0.05) is 11.7 Å². The van der Waals surface area contributed by atoms with Gasteiger partial charge in [-0.05, 0) is 61.4 Å². The number of sulfonamides is 1. The minimum Gasteiger partial charge on any atom is -0.484 e. The summed E-state index contributed by atoms with van der Waals surface area (Å²) in [6, 6.07) is 21.6. The standard InChI is InChI=1S/C26H28N2O6S/c1-3-33-26(30)17-20-9-11-22(12-10-20)27-25(29)18-34-23-13-15-24(16-14-23)35(31,32)28-19(2)21-7-5-4-6-8-21/h4-16,19,28H,3,17-18H2,1-2H3,(H,27,29)/t19-/m0/s1. The van der Waals surface area contributed by atoms with Gasteiger partial charge in [0.2, 0.25) is 10.0 Å². The Bertz CT molecular complexity index is 1230. The first-order valence-electron chi connectivity index (χ1n) is 11.1. The molecule has 0 bridgehead atoms. The van der Waals surface area contributed by atoms with Crippen LogP contribution in [0.5, 0.6) is 5.75 Å². The molecule has 0 aromatic heterocycles. The molecule has 9 heteroatoms. The summed E-state index contributed by atoms with van der Waals surface area (Å²) in [5.41, 5.74) is 2.20. The van der Waals surface area contributed by atoms with Crippen molar-refractivity contribution < 1.29 is 27.5 Å². The average molecular weight is 497 g/mol. The van der Waals surface area contributed by atoms with E-state index in [1.807, 2.05) is 30.3 Å². The summed E-state index contributed by atoms with van der Waals surface area (Å²) >= 11 is 0. The van der Waals surface area contributed by atoms with E-state index in [9.17, 15) is 18.0 Å². The van der Waals surface area contributed by atoms with Gasteiger partial charge in [0.1, 0.15) is 5.75 Å². The Labute approximate surface area is 205 Å². The van der Waals surface area contributed by atoms with Crippen LogP contribution in [0, 0.1) is 0 Å². The van der Waals surface area contributed by atoms with E-state index in [0.717, 1.165) is 11.1 Å². The van der Waals surface area contributed by atoms with Crippen LogP contribution in [0.2, 0.25) is 0 Å². The zero-order valence-corrected chi connectivity index (χ0v) is 20.4. The maximum Gasteiger partial charge on any atom is 0.310 e. The molecule has 0 spiro atoms. The van der Waals surface area contributed by atoms with E-state index in [1.165, 1.54) is 24.3 Å². The number of hydrogen-bond donors (Lipinski definition) is 2. The molecule has 35 heavy (non-hydrogen) atoms. The quantitative estimate of drug-likeness (QED) is 0.390. The molecule has 1 atom stereocenters. The van der Waals surface area contributed by atoms with E-state index in [2.05, 4.69) is 10.0 Å². The number of ether oxygens (including phenoxy) is 2. The molecule has 2 N–H and O–H groups in total. The first-order chi connectivity index (χ1) is 16.8. The molecule has 0 unspecified atom stereocenters. The van der Waals surface area contributed by atoms with Gasteiger partial charge in [-0.15, -0.1) is 0 Å². The summed E-state index contributed by atoms with van der Waals surface area (Å²) in [6.45, 7) is 3.60. The molecule has 3 aromatic carbocycles. The second-order valence-corrected chi connectivity index (χ2v) is 9.45. The van der Waals surface area contributed by atoms with E-state index in [0.29, 0.717) is 18.0 Å². The third kappa shape index (κ3) is 7.94. The molecular weight excluding hydrogens is 468 g/mol. The molecule has 0 saturated heterocycles. The topological polar surface area (TPSA) is 111 Å². The largest absolute Gasteiger partial charge is 0.484 e. The van der Waals surface area contributed by atoms with Crippen LogP contribution in [0.3, 0.4) is 0 Å². The van der Waals surface area contributed by atoms with Crippen LogP contribution in [0.1, 0.15) is 31.0 Å². The Morgan fingerprint density at radius 1 is 0.914 bits per heavy atom. The van der Waals surface area contributed by atoms with Gasteiger partial charge >= 0.3 is 5.97 Å². The van der Waals surface area contributed by atoms with Crippen molar-refractivity contribution in [3.05, 3.63) is 90.0 Å². The summed E-state index contributed by atoms with van der Waals surface area (Å²) in [5.74, 6) is -0.323. The molecule has 0 saturated carbocycles. The molecule has 0 fully saturated rings. The number of benzene rings is 3. The van der Waals surface area contributed by atoms with Crippen LogP contribution >= 0.6 is 0 Å². The highest BCUT2D eigenvalue weighted by atomic mass is 32.2. The van der Waals surface area contributed by atoms with Crippen LogP contribution in [-0.4, -0.2) is 33.5 Å². The van der Waals surface area contributed by atoms with Gasteiger partial charge in [-0.3, -0.25) is 9.59 Å². The van der Waals surface area contributed by atoms with Gasteiger partial charge in [-0.2, -0.15) is 0 Å². The summed E-state index contributed by atoms with van der Waals surface area (Å²) in [7, 11) is -3.72. The van der Waals surface area contributed by atoms with Crippen molar-refractivity contribution >= 4 is 27.6 Å². The van der Waals surface area contributed by atoms with Crippen molar-refractivity contribution in [1.82, 2.24) is 4.72 Å². The molecule has 0 aliphatic heterocycles. The van der Waals surface area contributed by atoms with Gasteiger partial charge in [0.15, 0.2) is 6.61 Å². The lowest BCUT2D eigenvalue weighted by Gasteiger charge is -2.15. The molecule has 0 aliphatic carbocycles. The SMILES string of the molecule is CCOC(=O)Cc1ccc(NC(=O)COc2ccc(S(=O)(=O)N[C@@H](C)c3ccccc3)cc2)cc1. The highest BCUT2D eigenvalue weighted by Gasteiger charge is 2.18. The highest BCUT2D eigenvalue weighted by molar-refractivity contribution is 7.89. The van der Waals surface area contributed by atoms with Crippen molar-refractivity contribution in [3.63, 3.8) is 0 Å². The molecular formula is C26H28N2O6S. The monoisotopic (exact) mass is 496 g/mol. The fourth-order valence-electron chi connectivity index (χ4n) is 3.26. The van der Waals surface area contributed by atoms with Crippen LogP contribution < -0.4 is 14.8 Å². The number of nitrogens with one attached hydrogen (secondary N) is 2. The second-order valence-electron chi connectivity index (χ2n) is 7.74. The van der Waals surface area contributed by atoms with Crippen LogP contribution in [0.25, 0.3) is 0 Å². The number of rotatable bonds is 11. The van der Waals surface area contributed by atoms with E-state index in [1.54, 1.807) is 38.1 Å². The van der Waals surface area contributed by atoms with Gasteiger partial charge in [0.05, 0.1) is 17.9 Å². The van der Waals surface area contributed by atoms with E-state index in [-0.39, 0.29) is 35.8 Å². The smallest absolute Gasteiger partial charge is 0.310 e. The molecule has 0 aliphatic rings. The average Bonchev–Trinajstić information content (AvgIpc) is 2.85. The van der Waals surface area contributed by atoms with Crippen molar-refractivity contribution in [2.24, 2.45) is 0 Å². The number of carbonyl (C=O) groups excluding carboxylic acids is 2. The van der Waals surface area contributed by atoms with Crippen molar-refractivity contribution in [1.29, 1.82) is 0 Å². The van der Waals surface area contributed by atoms with E-state index >= 15 is 0 Å². The second kappa shape index (κ2) is 12.1. The lowest BCUT2D eigenvalue weighted by Crippen LogP contribution is -2.26. The molecule has 1 amide bonds. The number of hydrogen-bond acceptors (Lipinski definition) is 6. The first-order valence-corrected chi connectivity index (χ1v) is 12.6. The summed E-state index contributed by atoms with van der Waals surface area (Å²) in [4.78, 5) is 23.8. The number of anilines is 1. The Balaban J connectivity index is 1.50. The van der Waals surface area contributed by atoms with Crippen LogP contribution in [0.4, 0.5) is 5.69 Å². The minimum atomic E-state index is -3.72. The molecule has 3 aromatic rings. The number of esters is 1. The highest BCUT2D eigenvalue weighted by Crippen LogP contribution is 2.19. The Kier molecular flexibility index (Phi) is 8.99.